The molecule has 1 N–H and O–H groups in total. The Balaban J connectivity index is 1.78. The number of piperidine rings is 1. The van der Waals surface area contributed by atoms with Gasteiger partial charge in [-0.15, -0.1) is 0 Å². The quantitative estimate of drug-likeness (QED) is 0.835. The zero-order valence-electron chi connectivity index (χ0n) is 9.75. The van der Waals surface area contributed by atoms with E-state index in [1.807, 2.05) is 18.2 Å². The highest BCUT2D eigenvalue weighted by molar-refractivity contribution is 5.81. The number of hydrogen-bond acceptors (Lipinski definition) is 3. The Bertz CT molecular complexity index is 417. The average Bonchev–Trinajstić information content (AvgIpc) is 2.51. The predicted octanol–water partition coefficient (Wildman–Crippen LogP) is 1.35. The van der Waals surface area contributed by atoms with Gasteiger partial charge in [-0.2, -0.15) is 0 Å². The molecule has 1 aromatic carbocycles. The Hall–Kier alpha value is -1.19. The van der Waals surface area contributed by atoms with E-state index in [4.69, 9.17) is 0 Å². The van der Waals surface area contributed by atoms with Crippen molar-refractivity contribution in [3.05, 3.63) is 35.9 Å². The zero-order valence-corrected chi connectivity index (χ0v) is 9.75. The molecule has 2 heterocycles. The van der Waals surface area contributed by atoms with Gasteiger partial charge in [0.2, 0.25) is 0 Å². The lowest BCUT2D eigenvalue weighted by Crippen LogP contribution is -2.44. The molecule has 90 valence electrons. The van der Waals surface area contributed by atoms with Gasteiger partial charge in [0.05, 0.1) is 6.10 Å². The molecule has 3 nitrogen and oxygen atoms in total. The summed E-state index contributed by atoms with van der Waals surface area (Å²) in [7, 11) is 0. The molecule has 2 fully saturated rings. The van der Waals surface area contributed by atoms with Gasteiger partial charge in [0.15, 0.2) is 0 Å². The highest BCUT2D eigenvalue weighted by Crippen LogP contribution is 2.35. The van der Waals surface area contributed by atoms with E-state index in [-0.39, 0.29) is 18.2 Å². The highest BCUT2D eigenvalue weighted by atomic mass is 16.3. The van der Waals surface area contributed by atoms with Crippen LogP contribution in [0.5, 0.6) is 0 Å². The maximum atomic E-state index is 11.5. The van der Waals surface area contributed by atoms with E-state index >= 15 is 0 Å². The number of aliphatic hydroxyl groups is 1. The largest absolute Gasteiger partial charge is 0.391 e. The first-order valence-electron chi connectivity index (χ1n) is 6.23. The number of carbonyl (C=O) groups excluding carboxylic acids is 1. The molecular weight excluding hydrogens is 214 g/mol. The van der Waals surface area contributed by atoms with Crippen LogP contribution in [0.25, 0.3) is 0 Å². The topological polar surface area (TPSA) is 40.5 Å². The molecule has 0 saturated carbocycles. The molecular formula is C14H17NO2. The molecule has 2 aliphatic heterocycles. The van der Waals surface area contributed by atoms with Gasteiger partial charge in [-0.05, 0) is 12.0 Å². The number of Topliss-reactive ketones (excluding diaryl/α,β-unsaturated/α-hetero) is 1. The van der Waals surface area contributed by atoms with Crippen molar-refractivity contribution in [3.63, 3.8) is 0 Å². The van der Waals surface area contributed by atoms with Crippen LogP contribution < -0.4 is 0 Å². The first-order valence-corrected chi connectivity index (χ1v) is 6.23. The number of nitrogens with zero attached hydrogens (tertiary/aromatic N) is 1. The van der Waals surface area contributed by atoms with Crippen LogP contribution in [0.3, 0.4) is 0 Å². The van der Waals surface area contributed by atoms with E-state index in [2.05, 4.69) is 17.0 Å². The van der Waals surface area contributed by atoms with Crippen molar-refractivity contribution in [3.8, 4) is 0 Å². The van der Waals surface area contributed by atoms with Crippen molar-refractivity contribution in [1.82, 2.24) is 4.90 Å². The van der Waals surface area contributed by atoms with E-state index in [0.29, 0.717) is 18.6 Å². The summed E-state index contributed by atoms with van der Waals surface area (Å²) in [5, 5.41) is 9.97. The summed E-state index contributed by atoms with van der Waals surface area (Å²) < 4.78 is 0. The summed E-state index contributed by atoms with van der Waals surface area (Å²) in [6.45, 7) is 0.848. The van der Waals surface area contributed by atoms with Crippen molar-refractivity contribution < 1.29 is 9.90 Å². The Morgan fingerprint density at radius 3 is 2.71 bits per heavy atom. The number of hydrogen-bond donors (Lipinski definition) is 1. The summed E-state index contributed by atoms with van der Waals surface area (Å²) >= 11 is 0. The van der Waals surface area contributed by atoms with E-state index in [0.717, 1.165) is 13.0 Å². The molecule has 0 unspecified atom stereocenters. The lowest BCUT2D eigenvalue weighted by molar-refractivity contribution is -0.124. The lowest BCUT2D eigenvalue weighted by Gasteiger charge is -2.34. The number of ketones is 1. The second-order valence-electron chi connectivity index (χ2n) is 5.13. The number of fused-ring (bicyclic) bond motifs is 2. The van der Waals surface area contributed by atoms with E-state index in [9.17, 15) is 9.90 Å². The third-order valence-corrected chi connectivity index (χ3v) is 3.96. The zero-order chi connectivity index (χ0) is 11.8. The van der Waals surface area contributed by atoms with Crippen LogP contribution >= 0.6 is 0 Å². The Morgan fingerprint density at radius 1 is 1.24 bits per heavy atom. The molecule has 1 aromatic rings. The number of benzene rings is 1. The van der Waals surface area contributed by atoms with Crippen LogP contribution in [0, 0.1) is 0 Å². The van der Waals surface area contributed by atoms with Crippen molar-refractivity contribution >= 4 is 5.78 Å². The van der Waals surface area contributed by atoms with Gasteiger partial charge < -0.3 is 5.11 Å². The molecule has 3 rings (SSSR count). The number of carbonyl (C=O) groups is 1. The van der Waals surface area contributed by atoms with Crippen LogP contribution in [0.1, 0.15) is 24.8 Å². The van der Waals surface area contributed by atoms with Crippen LogP contribution in [0.2, 0.25) is 0 Å². The first-order chi connectivity index (χ1) is 8.24. The molecule has 17 heavy (non-hydrogen) atoms. The molecule has 2 saturated heterocycles. The minimum atomic E-state index is -0.324. The third-order valence-electron chi connectivity index (χ3n) is 3.96. The minimum Gasteiger partial charge on any atom is -0.391 e. The number of aliphatic hydroxyl groups excluding tert-OH is 1. The standard InChI is InChI=1S/C14H17NO2/c16-12-6-11-7-14(17)13(8-12)15(11)9-10-4-2-1-3-5-10/h1-5,11,13-14,17H,6-9H2/t11-,13+,14-/m0/s1. The van der Waals surface area contributed by atoms with Crippen LogP contribution in [-0.4, -0.2) is 34.0 Å². The maximum absolute atomic E-state index is 11.5. The SMILES string of the molecule is O=C1C[C@H]2C[C@H](O)[C@@H](C1)N2Cc1ccccc1. The van der Waals surface area contributed by atoms with Gasteiger partial charge >= 0.3 is 0 Å². The summed E-state index contributed by atoms with van der Waals surface area (Å²) in [6, 6.07) is 10.6. The molecule has 3 heteroatoms. The smallest absolute Gasteiger partial charge is 0.136 e. The second kappa shape index (κ2) is 4.24. The molecule has 0 aliphatic carbocycles. The first kappa shape index (κ1) is 10.9. The van der Waals surface area contributed by atoms with Crippen LogP contribution in [0.4, 0.5) is 0 Å². The van der Waals surface area contributed by atoms with Gasteiger partial charge in [-0.1, -0.05) is 30.3 Å². The third kappa shape index (κ3) is 2.01. The fraction of sp³-hybridized carbons (Fsp3) is 0.500. The van der Waals surface area contributed by atoms with E-state index in [1.165, 1.54) is 5.56 Å². The molecule has 0 spiro atoms. The van der Waals surface area contributed by atoms with Crippen LogP contribution in [0.15, 0.2) is 30.3 Å². The van der Waals surface area contributed by atoms with E-state index in [1.54, 1.807) is 0 Å². The lowest BCUT2D eigenvalue weighted by atomic mass is 10.0. The Kier molecular flexibility index (Phi) is 2.73. The maximum Gasteiger partial charge on any atom is 0.136 e. The van der Waals surface area contributed by atoms with Crippen molar-refractivity contribution in [2.24, 2.45) is 0 Å². The summed E-state index contributed by atoms with van der Waals surface area (Å²) in [6.07, 6.45) is 1.56. The molecule has 2 bridgehead atoms. The summed E-state index contributed by atoms with van der Waals surface area (Å²) in [4.78, 5) is 13.8. The normalized spacial score (nSPS) is 33.0. The molecule has 0 aromatic heterocycles. The Morgan fingerprint density at radius 2 is 2.00 bits per heavy atom. The second-order valence-corrected chi connectivity index (χ2v) is 5.13. The van der Waals surface area contributed by atoms with Crippen LogP contribution in [-0.2, 0) is 11.3 Å². The van der Waals surface area contributed by atoms with Gasteiger partial charge in [0.25, 0.3) is 0 Å². The molecule has 0 amide bonds. The predicted molar refractivity (Wildman–Crippen MR) is 64.4 cm³/mol. The monoisotopic (exact) mass is 231 g/mol. The van der Waals surface area contributed by atoms with Crippen molar-refractivity contribution in [2.45, 2.75) is 44.0 Å². The van der Waals surface area contributed by atoms with Crippen molar-refractivity contribution in [2.75, 3.05) is 0 Å². The summed E-state index contributed by atoms with van der Waals surface area (Å²) in [5.74, 6) is 0.306. The molecule has 2 aliphatic rings. The molecule has 3 atom stereocenters. The summed E-state index contributed by atoms with van der Waals surface area (Å²) in [5.41, 5.74) is 1.26. The highest BCUT2D eigenvalue weighted by Gasteiger charge is 2.45. The fourth-order valence-electron chi connectivity index (χ4n) is 3.14. The van der Waals surface area contributed by atoms with Gasteiger partial charge in [0.1, 0.15) is 5.78 Å². The molecule has 0 radical (unpaired) electrons. The van der Waals surface area contributed by atoms with Gasteiger partial charge in [-0.3, -0.25) is 9.69 Å². The Labute approximate surface area is 101 Å². The van der Waals surface area contributed by atoms with Gasteiger partial charge in [0, 0.05) is 31.5 Å². The number of rotatable bonds is 2. The average molecular weight is 231 g/mol. The van der Waals surface area contributed by atoms with Crippen molar-refractivity contribution in [1.29, 1.82) is 0 Å². The fourth-order valence-corrected chi connectivity index (χ4v) is 3.14. The van der Waals surface area contributed by atoms with Gasteiger partial charge in [-0.25, -0.2) is 0 Å². The minimum absolute atomic E-state index is 0.0430. The van der Waals surface area contributed by atoms with E-state index < -0.39 is 0 Å².